The first-order valence-electron chi connectivity index (χ1n) is 6.58. The fraction of sp³-hybridized carbons (Fsp3) is 0.429. The summed E-state index contributed by atoms with van der Waals surface area (Å²) in [5.41, 5.74) is -2.41. The minimum atomic E-state index is -4.65. The first kappa shape index (κ1) is 19.1. The lowest BCUT2D eigenvalue weighted by Crippen LogP contribution is -2.46. The van der Waals surface area contributed by atoms with Crippen molar-refractivity contribution >= 4 is 29.3 Å². The maximum Gasteiger partial charge on any atom is 0.418 e. The fourth-order valence-electron chi connectivity index (χ4n) is 1.81. The fourth-order valence-corrected chi connectivity index (χ4v) is 1.98. The monoisotopic (exact) mass is 352 g/mol. The van der Waals surface area contributed by atoms with Gasteiger partial charge < -0.3 is 15.7 Å². The Morgan fingerprint density at radius 1 is 1.26 bits per heavy atom. The molecule has 0 aliphatic rings. The molecule has 23 heavy (non-hydrogen) atoms. The van der Waals surface area contributed by atoms with E-state index < -0.39 is 35.0 Å². The molecule has 0 saturated carbocycles. The quantitative estimate of drug-likeness (QED) is 0.745. The molecule has 3 N–H and O–H groups in total. The number of carbonyl (C=O) groups is 2. The molecule has 1 aromatic carbocycles. The van der Waals surface area contributed by atoms with Crippen LogP contribution in [-0.4, -0.2) is 22.6 Å². The number of carboxylic acid groups (broad SMARTS) is 1. The van der Waals surface area contributed by atoms with Gasteiger partial charge in [0.15, 0.2) is 0 Å². The lowest BCUT2D eigenvalue weighted by Gasteiger charge is -2.26. The number of carboxylic acids is 1. The standard InChI is InChI=1S/C14H16ClF3N2O3/c1-13(2,6-5-11(21)22)20-12(23)19-10-7-8(15)3-4-9(10)14(16,17)18/h3-4,7H,5-6H2,1-2H3,(H,21,22)(H2,19,20,23). The molecular formula is C14H16ClF3N2O3. The molecule has 0 spiro atoms. The van der Waals surface area contributed by atoms with Gasteiger partial charge in [0.1, 0.15) is 0 Å². The summed E-state index contributed by atoms with van der Waals surface area (Å²) >= 11 is 5.66. The van der Waals surface area contributed by atoms with Gasteiger partial charge >= 0.3 is 18.2 Å². The summed E-state index contributed by atoms with van der Waals surface area (Å²) in [5.74, 6) is -1.03. The van der Waals surface area contributed by atoms with E-state index in [0.717, 1.165) is 18.2 Å². The van der Waals surface area contributed by atoms with Crippen LogP contribution in [0.1, 0.15) is 32.3 Å². The summed E-state index contributed by atoms with van der Waals surface area (Å²) in [5, 5.41) is 13.2. The Hall–Kier alpha value is -1.96. The van der Waals surface area contributed by atoms with E-state index in [9.17, 15) is 22.8 Å². The van der Waals surface area contributed by atoms with Crippen LogP contribution in [0, 0.1) is 0 Å². The molecule has 0 saturated heterocycles. The zero-order valence-corrected chi connectivity index (χ0v) is 13.2. The third-order valence-electron chi connectivity index (χ3n) is 2.95. The Labute approximate surface area is 135 Å². The van der Waals surface area contributed by atoms with Crippen LogP contribution < -0.4 is 10.6 Å². The Morgan fingerprint density at radius 2 is 1.87 bits per heavy atom. The molecule has 1 rings (SSSR count). The molecule has 0 atom stereocenters. The van der Waals surface area contributed by atoms with Crippen LogP contribution >= 0.6 is 11.6 Å². The molecule has 9 heteroatoms. The molecule has 5 nitrogen and oxygen atoms in total. The molecule has 0 aliphatic carbocycles. The van der Waals surface area contributed by atoms with Crippen LogP contribution in [0.25, 0.3) is 0 Å². The van der Waals surface area contributed by atoms with E-state index in [-0.39, 0.29) is 17.9 Å². The second-order valence-corrected chi connectivity index (χ2v) is 5.98. The largest absolute Gasteiger partial charge is 0.481 e. The first-order valence-corrected chi connectivity index (χ1v) is 6.96. The van der Waals surface area contributed by atoms with Crippen LogP contribution in [0.2, 0.25) is 5.02 Å². The number of aliphatic carboxylic acids is 1. The van der Waals surface area contributed by atoms with Crippen LogP contribution in [-0.2, 0) is 11.0 Å². The number of nitrogens with one attached hydrogen (secondary N) is 2. The molecule has 2 amide bonds. The minimum absolute atomic E-state index is 0.0402. The topological polar surface area (TPSA) is 78.4 Å². The maximum atomic E-state index is 12.9. The van der Waals surface area contributed by atoms with E-state index in [1.165, 1.54) is 0 Å². The number of carbonyl (C=O) groups excluding carboxylic acids is 1. The van der Waals surface area contributed by atoms with Crippen molar-refractivity contribution in [1.82, 2.24) is 5.32 Å². The van der Waals surface area contributed by atoms with Crippen molar-refractivity contribution in [3.8, 4) is 0 Å². The van der Waals surface area contributed by atoms with Gasteiger partial charge in [-0.3, -0.25) is 4.79 Å². The number of alkyl halides is 3. The van der Waals surface area contributed by atoms with E-state index in [1.807, 2.05) is 0 Å². The zero-order valence-electron chi connectivity index (χ0n) is 12.4. The number of rotatable bonds is 5. The summed E-state index contributed by atoms with van der Waals surface area (Å²) in [4.78, 5) is 22.4. The summed E-state index contributed by atoms with van der Waals surface area (Å²) < 4.78 is 38.7. The van der Waals surface area contributed by atoms with E-state index in [0.29, 0.717) is 0 Å². The highest BCUT2D eigenvalue weighted by molar-refractivity contribution is 6.31. The van der Waals surface area contributed by atoms with Gasteiger partial charge in [-0.05, 0) is 38.5 Å². The van der Waals surface area contributed by atoms with E-state index >= 15 is 0 Å². The molecule has 0 heterocycles. The molecule has 0 aliphatic heterocycles. The smallest absolute Gasteiger partial charge is 0.418 e. The number of anilines is 1. The summed E-state index contributed by atoms with van der Waals surface area (Å²) in [6.07, 6.45) is -4.71. The van der Waals surface area contributed by atoms with Gasteiger partial charge in [0.2, 0.25) is 0 Å². The lowest BCUT2D eigenvalue weighted by molar-refractivity contribution is -0.138. The molecular weight excluding hydrogens is 337 g/mol. The van der Waals surface area contributed by atoms with E-state index in [2.05, 4.69) is 10.6 Å². The zero-order chi connectivity index (χ0) is 17.8. The predicted octanol–water partition coefficient (Wildman–Crippen LogP) is 4.12. The van der Waals surface area contributed by atoms with Gasteiger partial charge in [-0.25, -0.2) is 4.79 Å². The van der Waals surface area contributed by atoms with Gasteiger partial charge in [0, 0.05) is 17.0 Å². The summed E-state index contributed by atoms with van der Waals surface area (Å²) in [6.45, 7) is 3.14. The lowest BCUT2D eigenvalue weighted by atomic mass is 9.99. The van der Waals surface area contributed by atoms with Gasteiger partial charge in [-0.15, -0.1) is 0 Å². The number of benzene rings is 1. The van der Waals surface area contributed by atoms with Crippen molar-refractivity contribution < 1.29 is 27.9 Å². The normalized spacial score (nSPS) is 11.9. The average molecular weight is 353 g/mol. The molecule has 0 aromatic heterocycles. The number of hydrogen-bond donors (Lipinski definition) is 3. The van der Waals surface area contributed by atoms with Gasteiger partial charge in [-0.2, -0.15) is 13.2 Å². The van der Waals surface area contributed by atoms with E-state index in [4.69, 9.17) is 16.7 Å². The van der Waals surface area contributed by atoms with Crippen molar-refractivity contribution in [3.63, 3.8) is 0 Å². The van der Waals surface area contributed by atoms with Crippen molar-refractivity contribution in [2.45, 2.75) is 38.4 Å². The number of urea groups is 1. The van der Waals surface area contributed by atoms with Crippen LogP contribution in [0.15, 0.2) is 18.2 Å². The van der Waals surface area contributed by atoms with Crippen molar-refractivity contribution in [2.75, 3.05) is 5.32 Å². The van der Waals surface area contributed by atoms with Crippen molar-refractivity contribution in [2.24, 2.45) is 0 Å². The molecule has 1 aromatic rings. The molecule has 0 bridgehead atoms. The second kappa shape index (κ2) is 7.08. The Morgan fingerprint density at radius 3 is 2.39 bits per heavy atom. The Balaban J connectivity index is 2.85. The number of hydrogen-bond acceptors (Lipinski definition) is 2. The second-order valence-electron chi connectivity index (χ2n) is 5.54. The highest BCUT2D eigenvalue weighted by atomic mass is 35.5. The maximum absolute atomic E-state index is 12.9. The molecule has 0 radical (unpaired) electrons. The van der Waals surface area contributed by atoms with Crippen LogP contribution in [0.3, 0.4) is 0 Å². The summed E-state index contributed by atoms with van der Waals surface area (Å²) in [6, 6.07) is 1.96. The third-order valence-corrected chi connectivity index (χ3v) is 3.19. The van der Waals surface area contributed by atoms with Crippen LogP contribution in [0.5, 0.6) is 0 Å². The van der Waals surface area contributed by atoms with Gasteiger partial charge in [0.25, 0.3) is 0 Å². The number of halogens is 4. The molecule has 0 fully saturated rings. The molecule has 0 unspecified atom stereocenters. The summed E-state index contributed by atoms with van der Waals surface area (Å²) in [7, 11) is 0. The Bertz CT molecular complexity index is 603. The number of amides is 2. The van der Waals surface area contributed by atoms with Gasteiger partial charge in [-0.1, -0.05) is 11.6 Å². The van der Waals surface area contributed by atoms with Gasteiger partial charge in [0.05, 0.1) is 11.3 Å². The first-order chi connectivity index (χ1) is 10.4. The highest BCUT2D eigenvalue weighted by Gasteiger charge is 2.34. The van der Waals surface area contributed by atoms with Crippen molar-refractivity contribution in [1.29, 1.82) is 0 Å². The molecule has 128 valence electrons. The predicted molar refractivity (Wildman–Crippen MR) is 79.6 cm³/mol. The Kier molecular flexibility index (Phi) is 5.87. The minimum Gasteiger partial charge on any atom is -0.481 e. The average Bonchev–Trinajstić information content (AvgIpc) is 2.34. The van der Waals surface area contributed by atoms with E-state index in [1.54, 1.807) is 13.8 Å². The highest BCUT2D eigenvalue weighted by Crippen LogP contribution is 2.36. The SMILES string of the molecule is CC(C)(CCC(=O)O)NC(=O)Nc1cc(Cl)ccc1C(F)(F)F. The van der Waals surface area contributed by atoms with Crippen molar-refractivity contribution in [3.05, 3.63) is 28.8 Å². The third kappa shape index (κ3) is 6.35. The van der Waals surface area contributed by atoms with Crippen LogP contribution in [0.4, 0.5) is 23.7 Å².